The molecule has 0 aliphatic rings. The summed E-state index contributed by atoms with van der Waals surface area (Å²) in [6, 6.07) is 0. The zero-order valence-corrected chi connectivity index (χ0v) is 19.7. The summed E-state index contributed by atoms with van der Waals surface area (Å²) in [5.74, 6) is -1.51. The molecule has 0 spiro atoms. The van der Waals surface area contributed by atoms with Crippen molar-refractivity contribution in [2.24, 2.45) is 10.8 Å². The molecule has 27 heavy (non-hydrogen) atoms. The van der Waals surface area contributed by atoms with E-state index in [9.17, 15) is 19.8 Å². The van der Waals surface area contributed by atoms with Gasteiger partial charge in [-0.1, -0.05) is 79.1 Å². The Labute approximate surface area is 170 Å². The monoisotopic (exact) mass is 404 g/mol. The van der Waals surface area contributed by atoms with E-state index in [1.807, 2.05) is 0 Å². The summed E-state index contributed by atoms with van der Waals surface area (Å²) in [4.78, 5) is 24.1. The highest BCUT2D eigenvalue weighted by molar-refractivity contribution is 6.92. The Balaban J connectivity index is 0. The van der Waals surface area contributed by atoms with Crippen molar-refractivity contribution >= 4 is 21.8 Å². The summed E-state index contributed by atoms with van der Waals surface area (Å²) in [6.07, 6.45) is 11.2. The van der Waals surface area contributed by atoms with Crippen molar-refractivity contribution in [3.8, 4) is 0 Å². The van der Waals surface area contributed by atoms with Crippen LogP contribution in [0.1, 0.15) is 118 Å². The van der Waals surface area contributed by atoms with Gasteiger partial charge in [0, 0.05) is 6.42 Å². The Morgan fingerprint density at radius 3 is 1.33 bits per heavy atom. The van der Waals surface area contributed by atoms with Crippen LogP contribution in [0.15, 0.2) is 0 Å². The van der Waals surface area contributed by atoms with Crippen molar-refractivity contribution < 1.29 is 19.8 Å². The van der Waals surface area contributed by atoms with Gasteiger partial charge in [-0.05, 0) is 37.5 Å². The van der Waals surface area contributed by atoms with E-state index in [0.29, 0.717) is 19.3 Å². The molecular weight excluding hydrogens is 359 g/mol. The molecule has 0 amide bonds. The van der Waals surface area contributed by atoms with E-state index in [0.717, 1.165) is 64.2 Å². The summed E-state index contributed by atoms with van der Waals surface area (Å²) < 4.78 is 0. The van der Waals surface area contributed by atoms with Crippen LogP contribution in [-0.2, 0) is 9.59 Å². The average Bonchev–Trinajstić information content (AvgIpc) is 2.61. The Kier molecular flexibility index (Phi) is 16.2. The van der Waals surface area contributed by atoms with Gasteiger partial charge in [-0.2, -0.15) is 9.90 Å². The second-order valence-corrected chi connectivity index (χ2v) is 7.98. The molecule has 2 N–H and O–H groups in total. The maximum atomic E-state index is 12.7. The Bertz CT molecular complexity index is 393. The van der Waals surface area contributed by atoms with Gasteiger partial charge >= 0.3 is 11.9 Å². The third kappa shape index (κ3) is 8.50. The molecule has 0 aliphatic carbocycles. The van der Waals surface area contributed by atoms with Gasteiger partial charge in [0.25, 0.3) is 0 Å². The molecule has 0 saturated carbocycles. The molecule has 0 aromatic heterocycles. The van der Waals surface area contributed by atoms with E-state index in [1.54, 1.807) is 0 Å². The van der Waals surface area contributed by atoms with E-state index in [4.69, 9.17) is 0 Å². The molecule has 0 aromatic carbocycles. The quantitative estimate of drug-likeness (QED) is 0.264. The third-order valence-electron chi connectivity index (χ3n) is 6.17. The van der Waals surface area contributed by atoms with E-state index in [-0.39, 0.29) is 16.3 Å². The summed E-state index contributed by atoms with van der Waals surface area (Å²) >= 11 is 0. The maximum Gasteiger partial charge on any atom is 0.310 e. The number of rotatable bonds is 17. The van der Waals surface area contributed by atoms with Gasteiger partial charge < -0.3 is 10.2 Å². The van der Waals surface area contributed by atoms with Gasteiger partial charge in [0.15, 0.2) is 0 Å². The van der Waals surface area contributed by atoms with Crippen LogP contribution in [0.5, 0.6) is 0 Å². The largest absolute Gasteiger partial charge is 0.481 e. The molecule has 0 radical (unpaired) electrons. The highest BCUT2D eigenvalue weighted by atomic mass is 31.0. The lowest BCUT2D eigenvalue weighted by atomic mass is 9.53. The number of aliphatic carboxylic acids is 2. The first-order valence-corrected chi connectivity index (χ1v) is 10.8. The second kappa shape index (κ2) is 15.3. The van der Waals surface area contributed by atoms with E-state index >= 15 is 0 Å². The zero-order chi connectivity index (χ0) is 20.1. The number of carboxylic acid groups (broad SMARTS) is 2. The molecule has 0 rings (SSSR count). The minimum atomic E-state index is -0.812. The smallest absolute Gasteiger partial charge is 0.310 e. The summed E-state index contributed by atoms with van der Waals surface area (Å²) in [7, 11) is 0. The number of carboxylic acids is 2. The summed E-state index contributed by atoms with van der Waals surface area (Å²) in [6.45, 7) is 8.46. The summed E-state index contributed by atoms with van der Waals surface area (Å²) in [5.41, 5.74) is -1.20. The van der Waals surface area contributed by atoms with Gasteiger partial charge in [-0.25, -0.2) is 0 Å². The Morgan fingerprint density at radius 1 is 0.667 bits per heavy atom. The summed E-state index contributed by atoms with van der Waals surface area (Å²) in [5, 5.41) is 19.8. The Hall–Kier alpha value is -0.630. The Morgan fingerprint density at radius 2 is 1.04 bits per heavy atom. The maximum absolute atomic E-state index is 12.7. The predicted molar refractivity (Wildman–Crippen MR) is 119 cm³/mol. The van der Waals surface area contributed by atoms with Crippen molar-refractivity contribution in [1.29, 1.82) is 0 Å². The normalized spacial score (nSPS) is 11.9. The highest BCUT2D eigenvalue weighted by Crippen LogP contribution is 2.56. The minimum Gasteiger partial charge on any atom is -0.481 e. The zero-order valence-electron chi connectivity index (χ0n) is 18.3. The first-order valence-electron chi connectivity index (χ1n) is 10.8. The lowest BCUT2D eigenvalue weighted by molar-refractivity contribution is -0.165. The van der Waals surface area contributed by atoms with Crippen LogP contribution >= 0.6 is 9.90 Å². The van der Waals surface area contributed by atoms with Gasteiger partial charge in [-0.15, -0.1) is 0 Å². The van der Waals surface area contributed by atoms with Gasteiger partial charge in [0.2, 0.25) is 0 Å². The van der Waals surface area contributed by atoms with Crippen molar-refractivity contribution in [2.45, 2.75) is 118 Å². The first-order chi connectivity index (χ1) is 12.4. The van der Waals surface area contributed by atoms with Gasteiger partial charge in [0.05, 0.1) is 5.41 Å². The highest BCUT2D eigenvalue weighted by Gasteiger charge is 2.54. The third-order valence-corrected chi connectivity index (χ3v) is 6.17. The predicted octanol–water partition coefficient (Wildman–Crippen LogP) is 6.73. The van der Waals surface area contributed by atoms with Crippen molar-refractivity contribution in [2.75, 3.05) is 0 Å². The molecule has 4 nitrogen and oxygen atoms in total. The molecule has 0 aromatic rings. The van der Waals surface area contributed by atoms with E-state index in [2.05, 4.69) is 27.7 Å². The number of hydrogen-bond acceptors (Lipinski definition) is 2. The SMILES string of the molecule is CCCCC(CCCC)(CCC(=O)O)C(CCCC)(CCCC)C(=O)O.P. The fourth-order valence-electron chi connectivity index (χ4n) is 4.52. The van der Waals surface area contributed by atoms with Gasteiger partial charge in [0.1, 0.15) is 0 Å². The topological polar surface area (TPSA) is 74.6 Å². The van der Waals surface area contributed by atoms with Crippen LogP contribution in [0.4, 0.5) is 0 Å². The standard InChI is InChI=1S/C22H42O4.H3P/c1-5-9-14-21(15-10-6-2,18-13-19(23)24)22(20(25)26,16-11-7-3)17-12-8-4;/h5-18H2,1-4H3,(H,23,24)(H,25,26);1H3. The molecule has 1 unspecified atom stereocenters. The molecule has 0 fully saturated rings. The van der Waals surface area contributed by atoms with Crippen LogP contribution in [0.3, 0.4) is 0 Å². The number of unbranched alkanes of at least 4 members (excludes halogenated alkanes) is 4. The fourth-order valence-corrected chi connectivity index (χ4v) is 4.52. The molecule has 1 atom stereocenters. The van der Waals surface area contributed by atoms with Crippen molar-refractivity contribution in [1.82, 2.24) is 0 Å². The number of hydrogen-bond donors (Lipinski definition) is 2. The minimum absolute atomic E-state index is 0. The molecule has 0 aliphatic heterocycles. The van der Waals surface area contributed by atoms with Crippen LogP contribution in [0, 0.1) is 10.8 Å². The van der Waals surface area contributed by atoms with Gasteiger partial charge in [-0.3, -0.25) is 9.59 Å². The lowest BCUT2D eigenvalue weighted by Gasteiger charge is -2.49. The van der Waals surface area contributed by atoms with E-state index < -0.39 is 22.8 Å². The molecule has 0 bridgehead atoms. The van der Waals surface area contributed by atoms with Crippen LogP contribution in [0.2, 0.25) is 0 Å². The van der Waals surface area contributed by atoms with Crippen LogP contribution < -0.4 is 0 Å². The second-order valence-electron chi connectivity index (χ2n) is 7.98. The van der Waals surface area contributed by atoms with Crippen molar-refractivity contribution in [3.63, 3.8) is 0 Å². The average molecular weight is 405 g/mol. The molecule has 0 saturated heterocycles. The fraction of sp³-hybridized carbons (Fsp3) is 0.909. The molecular formula is C22H45O4P. The number of carbonyl (C=O) groups is 2. The first kappa shape index (κ1) is 28.6. The van der Waals surface area contributed by atoms with Crippen LogP contribution in [0.25, 0.3) is 0 Å². The van der Waals surface area contributed by atoms with Crippen molar-refractivity contribution in [3.05, 3.63) is 0 Å². The van der Waals surface area contributed by atoms with Crippen LogP contribution in [-0.4, -0.2) is 22.2 Å². The lowest BCUT2D eigenvalue weighted by Crippen LogP contribution is -2.48. The van der Waals surface area contributed by atoms with E-state index in [1.165, 1.54) is 0 Å². The molecule has 162 valence electrons. The molecule has 5 heteroatoms. The molecule has 0 heterocycles.